The van der Waals surface area contributed by atoms with Gasteiger partial charge in [-0.2, -0.15) is 0 Å². The molecule has 4 heteroatoms. The van der Waals surface area contributed by atoms with Crippen LogP contribution in [0.4, 0.5) is 0 Å². The first-order valence-electron chi connectivity index (χ1n) is 7.42. The minimum absolute atomic E-state index is 0.632. The lowest BCUT2D eigenvalue weighted by Gasteiger charge is -2.14. The maximum absolute atomic E-state index is 5.87. The Balaban J connectivity index is 2.55. The third kappa shape index (κ3) is 5.71. The molecule has 0 aliphatic rings. The average Bonchev–Trinajstić information content (AvgIpc) is 2.44. The van der Waals surface area contributed by atoms with Gasteiger partial charge in [0.25, 0.3) is 0 Å². The zero-order valence-electron chi connectivity index (χ0n) is 12.6. The number of halogens is 1. The van der Waals surface area contributed by atoms with E-state index >= 15 is 0 Å². The fraction of sp³-hybridized carbons (Fsp3) is 0.625. The highest BCUT2D eigenvalue weighted by atomic mass is 79.9. The summed E-state index contributed by atoms with van der Waals surface area (Å²) in [6, 6.07) is 4.06. The quantitative estimate of drug-likeness (QED) is 0.644. The van der Waals surface area contributed by atoms with Crippen molar-refractivity contribution in [2.24, 2.45) is 5.73 Å². The van der Waals surface area contributed by atoms with Gasteiger partial charge in [-0.05, 0) is 53.0 Å². The van der Waals surface area contributed by atoms with Gasteiger partial charge < -0.3 is 15.2 Å². The van der Waals surface area contributed by atoms with Crippen molar-refractivity contribution in [3.63, 3.8) is 0 Å². The fourth-order valence-corrected chi connectivity index (χ4v) is 2.71. The molecule has 0 atom stereocenters. The first-order valence-corrected chi connectivity index (χ1v) is 8.21. The summed E-state index contributed by atoms with van der Waals surface area (Å²) in [6.45, 7) is 3.59. The third-order valence-corrected chi connectivity index (χ3v) is 3.81. The molecule has 3 nitrogen and oxygen atoms in total. The van der Waals surface area contributed by atoms with Crippen molar-refractivity contribution in [3.8, 4) is 11.5 Å². The smallest absolute Gasteiger partial charge is 0.175 e. The topological polar surface area (TPSA) is 44.5 Å². The van der Waals surface area contributed by atoms with E-state index in [4.69, 9.17) is 15.2 Å². The van der Waals surface area contributed by atoms with Gasteiger partial charge in [0.2, 0.25) is 0 Å². The van der Waals surface area contributed by atoms with E-state index in [2.05, 4.69) is 28.9 Å². The number of hydrogen-bond donors (Lipinski definition) is 1. The van der Waals surface area contributed by atoms with Crippen LogP contribution in [-0.4, -0.2) is 20.3 Å². The fourth-order valence-electron chi connectivity index (χ4n) is 2.10. The largest absolute Gasteiger partial charge is 0.493 e. The molecular formula is C16H26BrNO2. The molecule has 20 heavy (non-hydrogen) atoms. The third-order valence-electron chi connectivity index (χ3n) is 3.22. The molecule has 0 saturated heterocycles. The molecule has 0 aromatic heterocycles. The normalized spacial score (nSPS) is 10.6. The Kier molecular flexibility index (Phi) is 8.70. The van der Waals surface area contributed by atoms with Crippen molar-refractivity contribution in [1.29, 1.82) is 0 Å². The molecule has 0 amide bonds. The van der Waals surface area contributed by atoms with Crippen LogP contribution in [0.2, 0.25) is 0 Å². The van der Waals surface area contributed by atoms with Gasteiger partial charge >= 0.3 is 0 Å². The minimum Gasteiger partial charge on any atom is -0.493 e. The monoisotopic (exact) mass is 343 g/mol. The molecule has 0 bridgehead atoms. The predicted molar refractivity (Wildman–Crippen MR) is 87.7 cm³/mol. The summed E-state index contributed by atoms with van der Waals surface area (Å²) >= 11 is 3.56. The maximum atomic E-state index is 5.87. The zero-order valence-corrected chi connectivity index (χ0v) is 14.2. The summed E-state index contributed by atoms with van der Waals surface area (Å²) < 4.78 is 12.2. The number of unbranched alkanes of at least 4 members (excludes halogenated alkanes) is 4. The van der Waals surface area contributed by atoms with Gasteiger partial charge in [0, 0.05) is 0 Å². The van der Waals surface area contributed by atoms with E-state index in [0.29, 0.717) is 6.54 Å². The molecule has 0 radical (unpaired) electrons. The van der Waals surface area contributed by atoms with Gasteiger partial charge in [0.1, 0.15) is 0 Å². The van der Waals surface area contributed by atoms with E-state index in [1.54, 1.807) is 7.11 Å². The van der Waals surface area contributed by atoms with Crippen LogP contribution in [0.15, 0.2) is 16.6 Å². The molecule has 0 spiro atoms. The molecule has 2 N–H and O–H groups in total. The Morgan fingerprint density at radius 1 is 1.15 bits per heavy atom. The molecule has 1 aromatic carbocycles. The highest BCUT2D eigenvalue weighted by Gasteiger charge is 2.11. The highest BCUT2D eigenvalue weighted by Crippen LogP contribution is 2.36. The van der Waals surface area contributed by atoms with Crippen LogP contribution in [0.5, 0.6) is 11.5 Å². The van der Waals surface area contributed by atoms with E-state index < -0.39 is 0 Å². The van der Waals surface area contributed by atoms with Gasteiger partial charge in [-0.1, -0.05) is 32.6 Å². The van der Waals surface area contributed by atoms with Crippen molar-refractivity contribution < 1.29 is 9.47 Å². The summed E-state index contributed by atoms with van der Waals surface area (Å²) in [7, 11) is 1.67. The molecular weight excluding hydrogens is 318 g/mol. The molecule has 0 aliphatic heterocycles. The van der Waals surface area contributed by atoms with E-state index in [9.17, 15) is 0 Å². The summed E-state index contributed by atoms with van der Waals surface area (Å²) in [5.41, 5.74) is 6.75. The van der Waals surface area contributed by atoms with Crippen molar-refractivity contribution in [3.05, 3.63) is 22.2 Å². The standard InChI is InChI=1S/C16H26BrNO2/c1-3-4-5-6-7-10-20-16-14(17)11-13(8-9-18)12-15(16)19-2/h11-12H,3-10,18H2,1-2H3. The summed E-state index contributed by atoms with van der Waals surface area (Å²) in [5.74, 6) is 1.57. The molecule has 0 unspecified atom stereocenters. The van der Waals surface area contributed by atoms with Crippen LogP contribution in [0.3, 0.4) is 0 Å². The first-order chi connectivity index (χ1) is 9.72. The van der Waals surface area contributed by atoms with Crippen molar-refractivity contribution in [1.82, 2.24) is 0 Å². The Morgan fingerprint density at radius 3 is 2.55 bits per heavy atom. The second-order valence-electron chi connectivity index (χ2n) is 4.91. The molecule has 1 rings (SSSR count). The zero-order chi connectivity index (χ0) is 14.8. The Labute approximate surface area is 131 Å². The van der Waals surface area contributed by atoms with E-state index in [0.717, 1.165) is 41.0 Å². The summed E-state index contributed by atoms with van der Waals surface area (Å²) in [6.07, 6.45) is 7.00. The van der Waals surface area contributed by atoms with Gasteiger partial charge in [-0.25, -0.2) is 0 Å². The molecule has 114 valence electrons. The van der Waals surface area contributed by atoms with Gasteiger partial charge in [-0.15, -0.1) is 0 Å². The van der Waals surface area contributed by atoms with Gasteiger partial charge in [0.05, 0.1) is 18.2 Å². The van der Waals surface area contributed by atoms with Gasteiger partial charge in [0.15, 0.2) is 11.5 Å². The van der Waals surface area contributed by atoms with Crippen molar-refractivity contribution in [2.75, 3.05) is 20.3 Å². The lowest BCUT2D eigenvalue weighted by atomic mass is 10.1. The Hall–Kier alpha value is -0.740. The van der Waals surface area contributed by atoms with E-state index in [1.165, 1.54) is 25.7 Å². The minimum atomic E-state index is 0.632. The molecule has 1 aromatic rings. The number of hydrogen-bond acceptors (Lipinski definition) is 3. The molecule has 0 aliphatic carbocycles. The number of benzene rings is 1. The Morgan fingerprint density at radius 2 is 1.90 bits per heavy atom. The van der Waals surface area contributed by atoms with Crippen molar-refractivity contribution >= 4 is 15.9 Å². The van der Waals surface area contributed by atoms with Crippen LogP contribution in [-0.2, 0) is 6.42 Å². The second-order valence-corrected chi connectivity index (χ2v) is 5.76. The SMILES string of the molecule is CCCCCCCOc1c(Br)cc(CCN)cc1OC. The second kappa shape index (κ2) is 10.1. The van der Waals surface area contributed by atoms with Crippen LogP contribution in [0.1, 0.15) is 44.6 Å². The van der Waals surface area contributed by atoms with Gasteiger partial charge in [-0.3, -0.25) is 0 Å². The first kappa shape index (κ1) is 17.3. The van der Waals surface area contributed by atoms with E-state index in [1.807, 2.05) is 6.07 Å². The van der Waals surface area contributed by atoms with Crippen LogP contribution in [0.25, 0.3) is 0 Å². The highest BCUT2D eigenvalue weighted by molar-refractivity contribution is 9.10. The number of nitrogens with two attached hydrogens (primary N) is 1. The summed E-state index contributed by atoms with van der Waals surface area (Å²) in [4.78, 5) is 0. The maximum Gasteiger partial charge on any atom is 0.175 e. The Bertz CT molecular complexity index is 396. The average molecular weight is 344 g/mol. The molecule has 0 saturated carbocycles. The van der Waals surface area contributed by atoms with E-state index in [-0.39, 0.29) is 0 Å². The number of methoxy groups -OCH3 is 1. The van der Waals surface area contributed by atoms with Crippen LogP contribution in [0, 0.1) is 0 Å². The van der Waals surface area contributed by atoms with Crippen LogP contribution < -0.4 is 15.2 Å². The number of ether oxygens (including phenoxy) is 2. The summed E-state index contributed by atoms with van der Waals surface area (Å²) in [5, 5.41) is 0. The van der Waals surface area contributed by atoms with Crippen molar-refractivity contribution in [2.45, 2.75) is 45.4 Å². The lowest BCUT2D eigenvalue weighted by Crippen LogP contribution is -2.05. The van der Waals surface area contributed by atoms with Crippen LogP contribution >= 0.6 is 15.9 Å². The lowest BCUT2D eigenvalue weighted by molar-refractivity contribution is 0.283. The molecule has 0 heterocycles. The predicted octanol–water partition coefficient (Wildman–Crippen LogP) is 4.31. The molecule has 0 fully saturated rings. The number of rotatable bonds is 10.